The second kappa shape index (κ2) is 5.43. The Kier molecular flexibility index (Phi) is 3.48. The summed E-state index contributed by atoms with van der Waals surface area (Å²) in [7, 11) is 0. The molecule has 0 atom stereocenters. The molecule has 0 amide bonds. The lowest BCUT2D eigenvalue weighted by Crippen LogP contribution is -1.97. The maximum absolute atomic E-state index is 5.91. The zero-order valence-electron chi connectivity index (χ0n) is 10.6. The maximum atomic E-state index is 5.91. The highest BCUT2D eigenvalue weighted by molar-refractivity contribution is 9.10. The van der Waals surface area contributed by atoms with Crippen LogP contribution < -0.4 is 5.73 Å². The molecule has 98 valence electrons. The molecule has 1 heterocycles. The zero-order valence-corrected chi connectivity index (χ0v) is 12.2. The summed E-state index contributed by atoms with van der Waals surface area (Å²) in [6.45, 7) is 0. The lowest BCUT2D eigenvalue weighted by atomic mass is 10.1. The first-order valence-electron chi connectivity index (χ1n) is 6.18. The molecular weight excluding hydrogens is 314 g/mol. The molecule has 0 spiro atoms. The molecule has 3 aromatic rings. The molecule has 0 bridgehead atoms. The Balaban J connectivity index is 2.12. The third kappa shape index (κ3) is 2.70. The molecule has 1 aromatic heterocycles. The number of nitrogens with zero attached hydrogens (tertiary/aromatic N) is 2. The Morgan fingerprint density at radius 3 is 2.30 bits per heavy atom. The first kappa shape index (κ1) is 12.8. The molecule has 0 saturated carbocycles. The molecule has 0 aliphatic carbocycles. The van der Waals surface area contributed by atoms with Gasteiger partial charge in [0.15, 0.2) is 5.82 Å². The molecule has 3 nitrogen and oxygen atoms in total. The van der Waals surface area contributed by atoms with Crippen LogP contribution in [0.3, 0.4) is 0 Å². The minimum absolute atomic E-state index is 0.467. The van der Waals surface area contributed by atoms with Crippen LogP contribution in [0, 0.1) is 0 Å². The van der Waals surface area contributed by atoms with Crippen LogP contribution in [0.5, 0.6) is 0 Å². The largest absolute Gasteiger partial charge is 0.384 e. The molecule has 20 heavy (non-hydrogen) atoms. The quantitative estimate of drug-likeness (QED) is 0.769. The summed E-state index contributed by atoms with van der Waals surface area (Å²) in [5.74, 6) is 1.10. The van der Waals surface area contributed by atoms with Crippen molar-refractivity contribution in [2.24, 2.45) is 0 Å². The van der Waals surface area contributed by atoms with Crippen LogP contribution in [-0.4, -0.2) is 9.97 Å². The van der Waals surface area contributed by atoms with Crippen LogP contribution in [0.25, 0.3) is 22.6 Å². The summed E-state index contributed by atoms with van der Waals surface area (Å²) < 4.78 is 0.988. The number of aromatic nitrogens is 2. The third-order valence-electron chi connectivity index (χ3n) is 2.90. The Labute approximate surface area is 125 Å². The van der Waals surface area contributed by atoms with Gasteiger partial charge in [0.1, 0.15) is 5.82 Å². The predicted octanol–water partition coefficient (Wildman–Crippen LogP) is 4.16. The minimum Gasteiger partial charge on any atom is -0.384 e. The van der Waals surface area contributed by atoms with Crippen molar-refractivity contribution in [3.63, 3.8) is 0 Å². The summed E-state index contributed by atoms with van der Waals surface area (Å²) in [5.41, 5.74) is 8.70. The topological polar surface area (TPSA) is 51.8 Å². The van der Waals surface area contributed by atoms with Gasteiger partial charge in [-0.25, -0.2) is 9.97 Å². The van der Waals surface area contributed by atoms with E-state index in [0.717, 1.165) is 21.3 Å². The van der Waals surface area contributed by atoms with Gasteiger partial charge in [0.25, 0.3) is 0 Å². The molecule has 2 aromatic carbocycles. The van der Waals surface area contributed by atoms with Crippen molar-refractivity contribution in [2.45, 2.75) is 0 Å². The fourth-order valence-electron chi connectivity index (χ4n) is 1.98. The van der Waals surface area contributed by atoms with E-state index in [0.29, 0.717) is 11.6 Å². The highest BCUT2D eigenvalue weighted by Crippen LogP contribution is 2.24. The highest BCUT2D eigenvalue weighted by Gasteiger charge is 2.07. The average Bonchev–Trinajstić information content (AvgIpc) is 2.47. The van der Waals surface area contributed by atoms with E-state index in [1.165, 1.54) is 0 Å². The monoisotopic (exact) mass is 325 g/mol. The van der Waals surface area contributed by atoms with Crippen molar-refractivity contribution >= 4 is 21.7 Å². The van der Waals surface area contributed by atoms with E-state index in [2.05, 4.69) is 25.9 Å². The summed E-state index contributed by atoms with van der Waals surface area (Å²) in [6, 6.07) is 19.6. The number of halogens is 1. The van der Waals surface area contributed by atoms with Gasteiger partial charge in [0.05, 0.1) is 5.69 Å². The van der Waals surface area contributed by atoms with Crippen LogP contribution in [0.2, 0.25) is 0 Å². The van der Waals surface area contributed by atoms with Crippen molar-refractivity contribution in [1.82, 2.24) is 9.97 Å². The summed E-state index contributed by atoms with van der Waals surface area (Å²) >= 11 is 3.45. The highest BCUT2D eigenvalue weighted by atomic mass is 79.9. The third-order valence-corrected chi connectivity index (χ3v) is 3.39. The van der Waals surface area contributed by atoms with Crippen molar-refractivity contribution in [3.8, 4) is 22.6 Å². The lowest BCUT2D eigenvalue weighted by molar-refractivity contribution is 1.19. The summed E-state index contributed by atoms with van der Waals surface area (Å²) in [5, 5.41) is 0. The molecule has 0 fully saturated rings. The van der Waals surface area contributed by atoms with Gasteiger partial charge in [-0.15, -0.1) is 0 Å². The molecule has 0 saturated heterocycles. The molecule has 4 heteroatoms. The van der Waals surface area contributed by atoms with Crippen LogP contribution >= 0.6 is 15.9 Å². The van der Waals surface area contributed by atoms with Crippen LogP contribution in [0.4, 0.5) is 5.82 Å². The number of nitrogens with two attached hydrogens (primary N) is 1. The van der Waals surface area contributed by atoms with Gasteiger partial charge >= 0.3 is 0 Å². The standard InChI is InChI=1S/C16H12BrN3/c17-13-8-4-7-12(9-13)16-19-14(10-15(18)20-16)11-5-2-1-3-6-11/h1-10H,(H2,18,19,20). The number of benzene rings is 2. The molecule has 3 rings (SSSR count). The first-order valence-corrected chi connectivity index (χ1v) is 6.97. The van der Waals surface area contributed by atoms with Gasteiger partial charge in [0.2, 0.25) is 0 Å². The van der Waals surface area contributed by atoms with E-state index in [-0.39, 0.29) is 0 Å². The van der Waals surface area contributed by atoms with Gasteiger partial charge in [-0.05, 0) is 12.1 Å². The average molecular weight is 326 g/mol. The van der Waals surface area contributed by atoms with Gasteiger partial charge < -0.3 is 5.73 Å². The summed E-state index contributed by atoms with van der Waals surface area (Å²) in [4.78, 5) is 8.92. The molecule has 2 N–H and O–H groups in total. The number of hydrogen-bond acceptors (Lipinski definition) is 3. The van der Waals surface area contributed by atoms with Gasteiger partial charge in [-0.1, -0.05) is 58.4 Å². The Bertz CT molecular complexity index is 742. The van der Waals surface area contributed by atoms with E-state index in [1.54, 1.807) is 6.07 Å². The van der Waals surface area contributed by atoms with E-state index < -0.39 is 0 Å². The van der Waals surface area contributed by atoms with Gasteiger partial charge in [0, 0.05) is 21.7 Å². The zero-order chi connectivity index (χ0) is 13.9. The van der Waals surface area contributed by atoms with Gasteiger partial charge in [-0.2, -0.15) is 0 Å². The molecular formula is C16H12BrN3. The van der Waals surface area contributed by atoms with Crippen molar-refractivity contribution in [3.05, 3.63) is 65.1 Å². The molecule has 0 aliphatic rings. The predicted molar refractivity (Wildman–Crippen MR) is 85.0 cm³/mol. The first-order chi connectivity index (χ1) is 9.72. The SMILES string of the molecule is Nc1cc(-c2ccccc2)nc(-c2cccc(Br)c2)n1. The molecule has 0 radical (unpaired) electrons. The summed E-state index contributed by atoms with van der Waals surface area (Å²) in [6.07, 6.45) is 0. The Hall–Kier alpha value is -2.20. The number of nitrogen functional groups attached to an aromatic ring is 1. The lowest BCUT2D eigenvalue weighted by Gasteiger charge is -2.06. The number of anilines is 1. The normalized spacial score (nSPS) is 10.4. The second-order valence-electron chi connectivity index (χ2n) is 4.38. The number of hydrogen-bond donors (Lipinski definition) is 1. The Morgan fingerprint density at radius 2 is 1.55 bits per heavy atom. The van der Waals surface area contributed by atoms with Crippen molar-refractivity contribution in [2.75, 3.05) is 5.73 Å². The minimum atomic E-state index is 0.467. The van der Waals surface area contributed by atoms with Crippen LogP contribution in [0.15, 0.2) is 65.1 Å². The fourth-order valence-corrected chi connectivity index (χ4v) is 2.38. The van der Waals surface area contributed by atoms with E-state index >= 15 is 0 Å². The van der Waals surface area contributed by atoms with Crippen LogP contribution in [0.1, 0.15) is 0 Å². The maximum Gasteiger partial charge on any atom is 0.162 e. The van der Waals surface area contributed by atoms with E-state index in [4.69, 9.17) is 5.73 Å². The van der Waals surface area contributed by atoms with E-state index in [1.807, 2.05) is 54.6 Å². The fraction of sp³-hybridized carbons (Fsp3) is 0. The van der Waals surface area contributed by atoms with Crippen LogP contribution in [-0.2, 0) is 0 Å². The smallest absolute Gasteiger partial charge is 0.162 e. The molecule has 0 aliphatic heterocycles. The second-order valence-corrected chi connectivity index (χ2v) is 5.29. The van der Waals surface area contributed by atoms with Crippen molar-refractivity contribution in [1.29, 1.82) is 0 Å². The van der Waals surface area contributed by atoms with Crippen molar-refractivity contribution < 1.29 is 0 Å². The number of rotatable bonds is 2. The Morgan fingerprint density at radius 1 is 0.800 bits per heavy atom. The molecule has 0 unspecified atom stereocenters. The van der Waals surface area contributed by atoms with E-state index in [9.17, 15) is 0 Å². The van der Waals surface area contributed by atoms with Gasteiger partial charge in [-0.3, -0.25) is 0 Å².